The minimum Gasteiger partial charge on any atom is -0.497 e. The molecule has 0 N–H and O–H groups in total. The van der Waals surface area contributed by atoms with Crippen LogP contribution in [-0.4, -0.2) is 19.0 Å². The highest BCUT2D eigenvalue weighted by Crippen LogP contribution is 2.16. The van der Waals surface area contributed by atoms with Gasteiger partial charge in [0.15, 0.2) is 0 Å². The molecule has 1 rings (SSSR count). The van der Waals surface area contributed by atoms with Crippen molar-refractivity contribution in [2.24, 2.45) is 5.92 Å². The van der Waals surface area contributed by atoms with Gasteiger partial charge < -0.3 is 9.47 Å². The van der Waals surface area contributed by atoms with E-state index in [0.29, 0.717) is 18.9 Å². The van der Waals surface area contributed by atoms with Crippen LogP contribution in [0.1, 0.15) is 32.8 Å². The van der Waals surface area contributed by atoms with Gasteiger partial charge in [0.25, 0.3) is 0 Å². The first-order valence-corrected chi connectivity index (χ1v) is 6.27. The van der Waals surface area contributed by atoms with Gasteiger partial charge in [0.2, 0.25) is 0 Å². The summed E-state index contributed by atoms with van der Waals surface area (Å²) in [6.45, 7) is 6.27. The number of carbonyl (C=O) groups is 1. The first-order valence-electron chi connectivity index (χ1n) is 6.27. The Morgan fingerprint density at radius 3 is 2.28 bits per heavy atom. The molecule has 0 amide bonds. The second-order valence-corrected chi connectivity index (χ2v) is 4.85. The van der Waals surface area contributed by atoms with Gasteiger partial charge in [0.1, 0.15) is 11.5 Å². The summed E-state index contributed by atoms with van der Waals surface area (Å²) in [5.41, 5.74) is 1.09. The standard InChI is InChI=1S/C15H22O3/c1-11(2)15(9-12(3)16)18-10-13-5-7-14(17-4)8-6-13/h5-8,11,15H,9-10H2,1-4H3. The van der Waals surface area contributed by atoms with Crippen LogP contribution in [0.25, 0.3) is 0 Å². The molecule has 0 saturated carbocycles. The first kappa shape index (κ1) is 14.7. The Kier molecular flexibility index (Phi) is 5.86. The van der Waals surface area contributed by atoms with Crippen molar-refractivity contribution >= 4 is 5.78 Å². The molecule has 0 bridgehead atoms. The lowest BCUT2D eigenvalue weighted by Gasteiger charge is -2.20. The highest BCUT2D eigenvalue weighted by molar-refractivity contribution is 5.76. The fraction of sp³-hybridized carbons (Fsp3) is 0.533. The number of benzene rings is 1. The largest absolute Gasteiger partial charge is 0.497 e. The van der Waals surface area contributed by atoms with Crippen LogP contribution in [0.4, 0.5) is 0 Å². The third-order valence-electron chi connectivity index (χ3n) is 2.86. The number of hydrogen-bond donors (Lipinski definition) is 0. The first-order chi connectivity index (χ1) is 8.52. The van der Waals surface area contributed by atoms with Gasteiger partial charge in [-0.05, 0) is 30.5 Å². The number of rotatable bonds is 7. The fourth-order valence-electron chi connectivity index (χ4n) is 1.70. The van der Waals surface area contributed by atoms with E-state index in [-0.39, 0.29) is 11.9 Å². The van der Waals surface area contributed by atoms with Crippen molar-refractivity contribution in [1.29, 1.82) is 0 Å². The molecule has 0 aromatic heterocycles. The van der Waals surface area contributed by atoms with Gasteiger partial charge >= 0.3 is 0 Å². The molecule has 1 aromatic carbocycles. The van der Waals surface area contributed by atoms with Crippen LogP contribution in [0, 0.1) is 5.92 Å². The molecule has 1 unspecified atom stereocenters. The van der Waals surface area contributed by atoms with E-state index < -0.39 is 0 Å². The van der Waals surface area contributed by atoms with Crippen LogP contribution in [0.3, 0.4) is 0 Å². The van der Waals surface area contributed by atoms with Crippen LogP contribution in [-0.2, 0) is 16.1 Å². The second-order valence-electron chi connectivity index (χ2n) is 4.85. The zero-order valence-corrected chi connectivity index (χ0v) is 11.6. The molecular formula is C15H22O3. The number of Topliss-reactive ketones (excluding diaryl/α,β-unsaturated/α-hetero) is 1. The number of ether oxygens (including phenoxy) is 2. The number of carbonyl (C=O) groups excluding carboxylic acids is 1. The van der Waals surface area contributed by atoms with Crippen LogP contribution in [0.2, 0.25) is 0 Å². The van der Waals surface area contributed by atoms with E-state index in [1.807, 2.05) is 24.3 Å². The maximum absolute atomic E-state index is 11.2. The van der Waals surface area contributed by atoms with E-state index in [0.717, 1.165) is 11.3 Å². The minimum atomic E-state index is -0.00963. The summed E-state index contributed by atoms with van der Waals surface area (Å²) in [5.74, 6) is 1.35. The average molecular weight is 250 g/mol. The molecule has 100 valence electrons. The summed E-state index contributed by atoms with van der Waals surface area (Å²) in [6.07, 6.45) is 0.470. The molecular weight excluding hydrogens is 228 g/mol. The van der Waals surface area contributed by atoms with Crippen LogP contribution >= 0.6 is 0 Å². The number of ketones is 1. The molecule has 0 radical (unpaired) electrons. The van der Waals surface area contributed by atoms with E-state index in [2.05, 4.69) is 13.8 Å². The van der Waals surface area contributed by atoms with Crippen molar-refractivity contribution in [3.63, 3.8) is 0 Å². The molecule has 3 heteroatoms. The zero-order valence-electron chi connectivity index (χ0n) is 11.6. The molecule has 18 heavy (non-hydrogen) atoms. The lowest BCUT2D eigenvalue weighted by Crippen LogP contribution is -2.22. The van der Waals surface area contributed by atoms with Crippen molar-refractivity contribution in [3.05, 3.63) is 29.8 Å². The summed E-state index contributed by atoms with van der Waals surface area (Å²) in [4.78, 5) is 11.2. The van der Waals surface area contributed by atoms with Gasteiger partial charge in [-0.3, -0.25) is 4.79 Å². The van der Waals surface area contributed by atoms with Crippen molar-refractivity contribution in [2.45, 2.75) is 39.9 Å². The van der Waals surface area contributed by atoms with Crippen molar-refractivity contribution < 1.29 is 14.3 Å². The SMILES string of the molecule is COc1ccc(COC(CC(C)=O)C(C)C)cc1. The van der Waals surface area contributed by atoms with Crippen LogP contribution in [0.15, 0.2) is 24.3 Å². The van der Waals surface area contributed by atoms with Crippen molar-refractivity contribution in [2.75, 3.05) is 7.11 Å². The lowest BCUT2D eigenvalue weighted by atomic mass is 10.0. The van der Waals surface area contributed by atoms with Gasteiger partial charge in [-0.15, -0.1) is 0 Å². The van der Waals surface area contributed by atoms with E-state index in [9.17, 15) is 4.79 Å². The van der Waals surface area contributed by atoms with Gasteiger partial charge in [-0.2, -0.15) is 0 Å². The normalized spacial score (nSPS) is 12.5. The Labute approximate surface area is 109 Å². The highest BCUT2D eigenvalue weighted by atomic mass is 16.5. The fourth-order valence-corrected chi connectivity index (χ4v) is 1.70. The second kappa shape index (κ2) is 7.17. The summed E-state index contributed by atoms with van der Waals surface area (Å²) in [6, 6.07) is 7.77. The predicted molar refractivity (Wildman–Crippen MR) is 71.7 cm³/mol. The summed E-state index contributed by atoms with van der Waals surface area (Å²) in [7, 11) is 1.65. The highest BCUT2D eigenvalue weighted by Gasteiger charge is 2.16. The van der Waals surface area contributed by atoms with Crippen LogP contribution in [0.5, 0.6) is 5.75 Å². The zero-order chi connectivity index (χ0) is 13.5. The van der Waals surface area contributed by atoms with Gasteiger partial charge in [-0.1, -0.05) is 26.0 Å². The summed E-state index contributed by atoms with van der Waals surface area (Å²) < 4.78 is 10.9. The summed E-state index contributed by atoms with van der Waals surface area (Å²) >= 11 is 0. The molecule has 0 fully saturated rings. The smallest absolute Gasteiger partial charge is 0.132 e. The van der Waals surface area contributed by atoms with E-state index in [1.54, 1.807) is 14.0 Å². The Bertz CT molecular complexity index is 368. The van der Waals surface area contributed by atoms with Crippen LogP contribution < -0.4 is 4.74 Å². The van der Waals surface area contributed by atoms with E-state index in [4.69, 9.17) is 9.47 Å². The van der Waals surface area contributed by atoms with Crippen molar-refractivity contribution in [3.8, 4) is 5.75 Å². The third kappa shape index (κ3) is 4.88. The minimum absolute atomic E-state index is 0.00963. The number of hydrogen-bond acceptors (Lipinski definition) is 3. The Balaban J connectivity index is 2.52. The van der Waals surface area contributed by atoms with E-state index in [1.165, 1.54) is 0 Å². The summed E-state index contributed by atoms with van der Waals surface area (Å²) in [5, 5.41) is 0. The Morgan fingerprint density at radius 1 is 1.22 bits per heavy atom. The average Bonchev–Trinajstić information content (AvgIpc) is 2.34. The van der Waals surface area contributed by atoms with Gasteiger partial charge in [0.05, 0.1) is 19.8 Å². The lowest BCUT2D eigenvalue weighted by molar-refractivity contribution is -0.121. The molecule has 0 saturated heterocycles. The Morgan fingerprint density at radius 2 is 1.83 bits per heavy atom. The maximum Gasteiger partial charge on any atom is 0.132 e. The quantitative estimate of drug-likeness (QED) is 0.745. The molecule has 0 aliphatic rings. The third-order valence-corrected chi connectivity index (χ3v) is 2.86. The molecule has 1 atom stereocenters. The number of methoxy groups -OCH3 is 1. The van der Waals surface area contributed by atoms with E-state index >= 15 is 0 Å². The molecule has 0 heterocycles. The van der Waals surface area contributed by atoms with Gasteiger partial charge in [-0.25, -0.2) is 0 Å². The molecule has 0 aliphatic heterocycles. The maximum atomic E-state index is 11.2. The molecule has 1 aromatic rings. The topological polar surface area (TPSA) is 35.5 Å². The molecule has 0 aliphatic carbocycles. The predicted octanol–water partition coefficient (Wildman–Crippen LogP) is 3.22. The Hall–Kier alpha value is -1.35. The van der Waals surface area contributed by atoms with Crippen molar-refractivity contribution in [1.82, 2.24) is 0 Å². The van der Waals surface area contributed by atoms with Gasteiger partial charge in [0, 0.05) is 6.42 Å². The monoisotopic (exact) mass is 250 g/mol. The molecule has 0 spiro atoms. The molecule has 3 nitrogen and oxygen atoms in total.